The molecule has 0 aliphatic carbocycles. The van der Waals surface area contributed by atoms with Gasteiger partial charge in [0.1, 0.15) is 0 Å². The van der Waals surface area contributed by atoms with Crippen LogP contribution in [0.4, 0.5) is 5.69 Å². The third-order valence-electron chi connectivity index (χ3n) is 1.76. The molecule has 0 bridgehead atoms. The van der Waals surface area contributed by atoms with Crippen LogP contribution >= 0.6 is 12.6 Å². The monoisotopic (exact) mass is 207 g/mol. The van der Waals surface area contributed by atoms with Crippen molar-refractivity contribution in [3.63, 3.8) is 0 Å². The molecule has 0 amide bonds. The van der Waals surface area contributed by atoms with E-state index in [0.29, 0.717) is 23.2 Å². The first kappa shape index (κ1) is 9.08. The Balaban J connectivity index is 2.34. The second kappa shape index (κ2) is 3.71. The molecule has 2 aromatic rings. The molecule has 2 N–H and O–H groups in total. The van der Waals surface area contributed by atoms with Crippen molar-refractivity contribution in [2.75, 3.05) is 5.73 Å². The molecular weight excluding hydrogens is 198 g/mol. The summed E-state index contributed by atoms with van der Waals surface area (Å²) in [6.45, 7) is 0. The fourth-order valence-electron chi connectivity index (χ4n) is 1.06. The molecule has 0 atom stereocenters. The quantitative estimate of drug-likeness (QED) is 0.581. The van der Waals surface area contributed by atoms with E-state index in [2.05, 4.69) is 22.8 Å². The lowest BCUT2D eigenvalue weighted by Gasteiger charge is -1.94. The number of hydrogen-bond donors (Lipinski definition) is 2. The first-order valence-electron chi connectivity index (χ1n) is 4.09. The van der Waals surface area contributed by atoms with Gasteiger partial charge in [-0.25, -0.2) is 0 Å². The van der Waals surface area contributed by atoms with E-state index >= 15 is 0 Å². The van der Waals surface area contributed by atoms with Crippen molar-refractivity contribution in [1.82, 2.24) is 10.2 Å². The van der Waals surface area contributed by atoms with Gasteiger partial charge in [-0.1, -0.05) is 0 Å². The minimum absolute atomic E-state index is 0.446. The molecule has 0 fully saturated rings. The Kier molecular flexibility index (Phi) is 2.41. The number of anilines is 1. The third kappa shape index (κ3) is 1.72. The summed E-state index contributed by atoms with van der Waals surface area (Å²) in [5.41, 5.74) is 7.13. The summed E-state index contributed by atoms with van der Waals surface area (Å²) >= 11 is 4.04. The Morgan fingerprint density at radius 2 is 1.93 bits per heavy atom. The molecule has 0 spiro atoms. The molecule has 0 saturated heterocycles. The zero-order valence-corrected chi connectivity index (χ0v) is 8.24. The second-order valence-electron chi connectivity index (χ2n) is 2.78. The van der Waals surface area contributed by atoms with Crippen LogP contribution in [0.1, 0.15) is 5.89 Å². The molecule has 4 nitrogen and oxygen atoms in total. The van der Waals surface area contributed by atoms with Crippen molar-refractivity contribution in [1.29, 1.82) is 0 Å². The van der Waals surface area contributed by atoms with Crippen molar-refractivity contribution in [3.05, 3.63) is 30.2 Å². The molecule has 0 unspecified atom stereocenters. The maximum absolute atomic E-state index is 5.56. The van der Waals surface area contributed by atoms with Crippen LogP contribution in [-0.4, -0.2) is 10.2 Å². The number of nitrogen functional groups attached to an aromatic ring is 1. The van der Waals surface area contributed by atoms with Gasteiger partial charge in [0.15, 0.2) is 0 Å². The van der Waals surface area contributed by atoms with Crippen molar-refractivity contribution < 1.29 is 4.42 Å². The van der Waals surface area contributed by atoms with Crippen LogP contribution in [0.2, 0.25) is 0 Å². The first-order chi connectivity index (χ1) is 6.79. The fraction of sp³-hybridized carbons (Fsp3) is 0.111. The Morgan fingerprint density at radius 3 is 2.50 bits per heavy atom. The van der Waals surface area contributed by atoms with Gasteiger partial charge in [0.05, 0.1) is 5.75 Å². The van der Waals surface area contributed by atoms with Crippen LogP contribution in [0.25, 0.3) is 11.5 Å². The minimum atomic E-state index is 0.446. The van der Waals surface area contributed by atoms with Crippen LogP contribution in [0.15, 0.2) is 28.7 Å². The van der Waals surface area contributed by atoms with Gasteiger partial charge in [0.25, 0.3) is 0 Å². The Morgan fingerprint density at radius 1 is 1.21 bits per heavy atom. The van der Waals surface area contributed by atoms with Crippen LogP contribution < -0.4 is 5.73 Å². The molecule has 0 aliphatic rings. The summed E-state index contributed by atoms with van der Waals surface area (Å²) in [5.74, 6) is 1.45. The first-order valence-corrected chi connectivity index (χ1v) is 4.72. The third-order valence-corrected chi connectivity index (χ3v) is 2.03. The van der Waals surface area contributed by atoms with E-state index in [9.17, 15) is 0 Å². The lowest BCUT2D eigenvalue weighted by Crippen LogP contribution is -1.83. The zero-order valence-electron chi connectivity index (χ0n) is 7.34. The van der Waals surface area contributed by atoms with Crippen molar-refractivity contribution in [2.45, 2.75) is 5.75 Å². The fourth-order valence-corrected chi connectivity index (χ4v) is 1.19. The van der Waals surface area contributed by atoms with E-state index in [4.69, 9.17) is 10.2 Å². The molecule has 1 aromatic heterocycles. The number of rotatable bonds is 2. The molecule has 0 aliphatic heterocycles. The van der Waals surface area contributed by atoms with Gasteiger partial charge in [-0.3, -0.25) is 0 Å². The standard InChI is InChI=1S/C9H9N3OS/c10-7-3-1-6(2-4-7)9-12-11-8(5-14)13-9/h1-4,14H,5,10H2. The SMILES string of the molecule is Nc1ccc(-c2nnc(CS)o2)cc1. The molecular formula is C9H9N3OS. The maximum Gasteiger partial charge on any atom is 0.247 e. The summed E-state index contributed by atoms with van der Waals surface area (Å²) in [6, 6.07) is 7.26. The number of nitrogens with two attached hydrogens (primary N) is 1. The summed E-state index contributed by atoms with van der Waals surface area (Å²) < 4.78 is 5.32. The highest BCUT2D eigenvalue weighted by Crippen LogP contribution is 2.19. The van der Waals surface area contributed by atoms with Gasteiger partial charge < -0.3 is 10.2 Å². The van der Waals surface area contributed by atoms with Crippen molar-refractivity contribution >= 4 is 18.3 Å². The summed E-state index contributed by atoms with van der Waals surface area (Å²) in [6.07, 6.45) is 0. The average molecular weight is 207 g/mol. The number of benzene rings is 1. The molecule has 2 rings (SSSR count). The second-order valence-corrected chi connectivity index (χ2v) is 3.10. The highest BCUT2D eigenvalue weighted by Gasteiger charge is 2.06. The Bertz CT molecular complexity index is 424. The highest BCUT2D eigenvalue weighted by molar-refractivity contribution is 7.79. The molecule has 72 valence electrons. The van der Waals surface area contributed by atoms with Crippen molar-refractivity contribution in [3.8, 4) is 11.5 Å². The maximum atomic E-state index is 5.56. The molecule has 14 heavy (non-hydrogen) atoms. The van der Waals surface area contributed by atoms with Crippen LogP contribution in [-0.2, 0) is 5.75 Å². The van der Waals surface area contributed by atoms with E-state index in [-0.39, 0.29) is 0 Å². The number of nitrogens with zero attached hydrogens (tertiary/aromatic N) is 2. The van der Waals surface area contributed by atoms with Gasteiger partial charge in [-0.05, 0) is 24.3 Å². The highest BCUT2D eigenvalue weighted by atomic mass is 32.1. The van der Waals surface area contributed by atoms with E-state index in [1.54, 1.807) is 12.1 Å². The van der Waals surface area contributed by atoms with Gasteiger partial charge >= 0.3 is 0 Å². The molecule has 1 heterocycles. The topological polar surface area (TPSA) is 64.9 Å². The smallest absolute Gasteiger partial charge is 0.247 e. The largest absolute Gasteiger partial charge is 0.420 e. The Labute approximate surface area is 86.6 Å². The van der Waals surface area contributed by atoms with Gasteiger partial charge in [0, 0.05) is 11.3 Å². The number of aromatic nitrogens is 2. The molecule has 0 radical (unpaired) electrons. The molecule has 1 aromatic carbocycles. The van der Waals surface area contributed by atoms with E-state index in [1.165, 1.54) is 0 Å². The van der Waals surface area contributed by atoms with Gasteiger partial charge in [-0.15, -0.1) is 10.2 Å². The average Bonchev–Trinajstić information content (AvgIpc) is 2.67. The lowest BCUT2D eigenvalue weighted by molar-refractivity contribution is 0.529. The molecule has 5 heteroatoms. The van der Waals surface area contributed by atoms with E-state index in [1.807, 2.05) is 12.1 Å². The lowest BCUT2D eigenvalue weighted by atomic mass is 10.2. The Hall–Kier alpha value is -1.49. The predicted octanol–water partition coefficient (Wildman–Crippen LogP) is 1.75. The van der Waals surface area contributed by atoms with Crippen LogP contribution in [0.5, 0.6) is 0 Å². The zero-order chi connectivity index (χ0) is 9.97. The number of hydrogen-bond acceptors (Lipinski definition) is 5. The van der Waals surface area contributed by atoms with Gasteiger partial charge in [0.2, 0.25) is 11.8 Å². The summed E-state index contributed by atoms with van der Waals surface area (Å²) in [7, 11) is 0. The molecule has 0 saturated carbocycles. The summed E-state index contributed by atoms with van der Waals surface area (Å²) in [5, 5.41) is 7.69. The van der Waals surface area contributed by atoms with Crippen molar-refractivity contribution in [2.24, 2.45) is 0 Å². The minimum Gasteiger partial charge on any atom is -0.420 e. The van der Waals surface area contributed by atoms with E-state index < -0.39 is 0 Å². The van der Waals surface area contributed by atoms with Crippen LogP contribution in [0.3, 0.4) is 0 Å². The summed E-state index contributed by atoms with van der Waals surface area (Å²) in [4.78, 5) is 0. The van der Waals surface area contributed by atoms with E-state index in [0.717, 1.165) is 5.56 Å². The van der Waals surface area contributed by atoms with Gasteiger partial charge in [-0.2, -0.15) is 12.6 Å². The van der Waals surface area contributed by atoms with Crippen LogP contribution in [0, 0.1) is 0 Å². The normalized spacial score (nSPS) is 10.4. The predicted molar refractivity (Wildman–Crippen MR) is 56.8 cm³/mol. The number of thiol groups is 1.